The fourth-order valence-corrected chi connectivity index (χ4v) is 7.46. The smallest absolute Gasteiger partial charge is 0.748 e. The van der Waals surface area contributed by atoms with Crippen LogP contribution in [0.5, 0.6) is 11.5 Å². The Labute approximate surface area is 323 Å². The Hall–Kier alpha value is 2.37. The average Bonchev–Trinajstić information content (AvgIpc) is 2.77. The third kappa shape index (κ3) is 27.9. The number of unbranched alkanes of at least 4 members (excludes halogenated alkanes) is 1. The molecule has 0 bridgehead atoms. The van der Waals surface area contributed by atoms with Crippen molar-refractivity contribution >= 4 is 78.4 Å². The van der Waals surface area contributed by atoms with Crippen LogP contribution in [0, 0.1) is 13.8 Å². The third-order valence-electron chi connectivity index (χ3n) is 3.58. The number of hydrogen-bond acceptors (Lipinski definition) is 15. The van der Waals surface area contributed by atoms with E-state index in [1.54, 1.807) is 0 Å². The van der Waals surface area contributed by atoms with Crippen molar-refractivity contribution in [3.63, 3.8) is 0 Å². The summed E-state index contributed by atoms with van der Waals surface area (Å²) in [5.74, 6) is 2.42. The predicted octanol–water partition coefficient (Wildman–Crippen LogP) is -5.35. The monoisotopic (exact) mass is 726 g/mol. The van der Waals surface area contributed by atoms with Crippen LogP contribution >= 0.6 is 47.0 Å². The second-order valence-corrected chi connectivity index (χ2v) is 13.3. The standard InChI is InChI=1S/C19H30O5S5.3Na.2O3S/c1-4-7-11-27-18-14(20)16(25-9-5-2)17(26-10-6-3)15(21)19(18)28-12-8-13-29(22,23)24;;;;2*1-4(2)3/h20-21H,2-13H2,1H3,(H,22,23,24);;;;;/q-2;3*+1;;/p-1. The van der Waals surface area contributed by atoms with E-state index in [0.717, 1.165) is 24.3 Å². The van der Waals surface area contributed by atoms with Crippen LogP contribution in [-0.2, 0) is 31.3 Å². The van der Waals surface area contributed by atoms with Gasteiger partial charge in [-0.2, -0.15) is 12.8 Å². The molecular formula is C19H29Na3O11S7. The molecule has 216 valence electrons. The first kappa shape index (κ1) is 51.9. The van der Waals surface area contributed by atoms with Gasteiger partial charge in [0.1, 0.15) is 11.5 Å². The number of benzene rings is 1. The number of phenols is 2. The second kappa shape index (κ2) is 31.4. The minimum Gasteiger partial charge on any atom is -0.748 e. The molecule has 11 nitrogen and oxygen atoms in total. The summed E-state index contributed by atoms with van der Waals surface area (Å²) >= 11 is 5.70. The van der Waals surface area contributed by atoms with Gasteiger partial charge in [-0.15, -0.1) is 72.3 Å². The van der Waals surface area contributed by atoms with Gasteiger partial charge in [0.15, 0.2) is 0 Å². The molecule has 0 saturated heterocycles. The van der Waals surface area contributed by atoms with Crippen LogP contribution in [0.2, 0.25) is 0 Å². The van der Waals surface area contributed by atoms with E-state index in [9.17, 15) is 23.2 Å². The molecule has 0 saturated carbocycles. The van der Waals surface area contributed by atoms with Gasteiger partial charge in [-0.05, 0) is 35.9 Å². The zero-order valence-corrected chi connectivity index (χ0v) is 34.6. The van der Waals surface area contributed by atoms with Gasteiger partial charge in [-0.3, -0.25) is 0 Å². The molecule has 0 radical (unpaired) electrons. The van der Waals surface area contributed by atoms with Crippen molar-refractivity contribution in [3.8, 4) is 11.5 Å². The number of hydrogen-bond donors (Lipinski definition) is 2. The molecule has 0 atom stereocenters. The zero-order valence-electron chi connectivity index (χ0n) is 22.9. The van der Waals surface area contributed by atoms with Crippen molar-refractivity contribution in [2.24, 2.45) is 0 Å². The van der Waals surface area contributed by atoms with Gasteiger partial charge in [0.25, 0.3) is 0 Å². The third-order valence-corrected chi connectivity index (χ3v) is 9.35. The Bertz CT molecular complexity index is 1110. The Morgan fingerprint density at radius 1 is 0.675 bits per heavy atom. The molecule has 0 fully saturated rings. The van der Waals surface area contributed by atoms with Crippen LogP contribution < -0.4 is 88.7 Å². The molecule has 0 aromatic heterocycles. The Morgan fingerprint density at radius 2 is 0.950 bits per heavy atom. The van der Waals surface area contributed by atoms with Gasteiger partial charge in [0.2, 0.25) is 0 Å². The first-order valence-electron chi connectivity index (χ1n) is 10.4. The van der Waals surface area contributed by atoms with Crippen LogP contribution in [0.4, 0.5) is 0 Å². The van der Waals surface area contributed by atoms with E-state index < -0.39 is 37.1 Å². The molecule has 0 heterocycles. The molecule has 2 N–H and O–H groups in total. The molecular weight excluding hydrogens is 698 g/mol. The summed E-state index contributed by atoms with van der Waals surface area (Å²) in [6.45, 7) is 9.78. The molecule has 0 aliphatic heterocycles. The van der Waals surface area contributed by atoms with E-state index in [4.69, 9.17) is 25.3 Å². The largest absolute Gasteiger partial charge is 1.00 e. The first-order chi connectivity index (χ1) is 17.2. The van der Waals surface area contributed by atoms with E-state index in [1.807, 2.05) is 0 Å². The van der Waals surface area contributed by atoms with Gasteiger partial charge in [0.05, 0.1) is 29.7 Å². The number of rotatable bonds is 15. The molecule has 1 aromatic carbocycles. The van der Waals surface area contributed by atoms with Crippen LogP contribution in [0.1, 0.15) is 39.0 Å². The number of aromatic hydroxyl groups is 2. The van der Waals surface area contributed by atoms with Crippen molar-refractivity contribution in [3.05, 3.63) is 13.8 Å². The van der Waals surface area contributed by atoms with Crippen molar-refractivity contribution in [1.82, 2.24) is 0 Å². The van der Waals surface area contributed by atoms with Gasteiger partial charge < -0.3 is 28.6 Å². The van der Waals surface area contributed by atoms with E-state index in [0.29, 0.717) is 43.9 Å². The number of thioether (sulfide) groups is 4. The van der Waals surface area contributed by atoms with Crippen molar-refractivity contribution in [2.75, 3.05) is 28.8 Å². The van der Waals surface area contributed by atoms with Crippen molar-refractivity contribution < 1.29 is 137 Å². The summed E-state index contributed by atoms with van der Waals surface area (Å²) in [4.78, 5) is 2.47. The minimum absolute atomic E-state index is 0. The van der Waals surface area contributed by atoms with E-state index in [1.165, 1.54) is 47.0 Å². The zero-order chi connectivity index (χ0) is 29.0. The Morgan fingerprint density at radius 3 is 1.20 bits per heavy atom. The maximum Gasteiger partial charge on any atom is 1.00 e. The summed E-state index contributed by atoms with van der Waals surface area (Å²) in [6.07, 6.45) is 3.56. The fraction of sp³-hybridized carbons (Fsp3) is 0.579. The number of phenolic OH excluding ortho intramolecular Hbond substituents is 2. The first-order valence-corrected chi connectivity index (χ1v) is 17.9. The van der Waals surface area contributed by atoms with E-state index in [2.05, 4.69) is 20.8 Å². The van der Waals surface area contributed by atoms with E-state index in [-0.39, 0.29) is 107 Å². The predicted molar refractivity (Wildman–Crippen MR) is 146 cm³/mol. The van der Waals surface area contributed by atoms with Crippen LogP contribution in [0.25, 0.3) is 0 Å². The summed E-state index contributed by atoms with van der Waals surface area (Å²) in [5, 5.41) is 22.0. The van der Waals surface area contributed by atoms with Crippen molar-refractivity contribution in [2.45, 2.75) is 58.6 Å². The quantitative estimate of drug-likeness (QED) is 0.0433. The van der Waals surface area contributed by atoms with Crippen LogP contribution in [0.3, 0.4) is 0 Å². The van der Waals surface area contributed by atoms with Crippen LogP contribution in [0.15, 0.2) is 19.6 Å². The Balaban J connectivity index is -0.000000327. The van der Waals surface area contributed by atoms with Gasteiger partial charge >= 0.3 is 110 Å². The second-order valence-electron chi connectivity index (χ2n) is 6.49. The van der Waals surface area contributed by atoms with Gasteiger partial charge in [-0.25, -0.2) is 8.42 Å². The molecule has 0 aliphatic rings. The molecule has 0 spiro atoms. The Kier molecular flexibility index (Phi) is 40.7. The summed E-state index contributed by atoms with van der Waals surface area (Å²) < 4.78 is 83.2. The maximum absolute atomic E-state index is 11.0. The molecule has 1 rings (SSSR count). The van der Waals surface area contributed by atoms with Crippen molar-refractivity contribution in [1.29, 1.82) is 0 Å². The molecule has 1 aromatic rings. The molecule has 0 amide bonds. The molecule has 40 heavy (non-hydrogen) atoms. The van der Waals surface area contributed by atoms with E-state index >= 15 is 0 Å². The minimum atomic E-state index is -4.26. The molecule has 0 unspecified atom stereocenters. The van der Waals surface area contributed by atoms with Gasteiger partial charge in [-0.1, -0.05) is 13.3 Å². The normalized spacial score (nSPS) is 9.80. The summed E-state index contributed by atoms with van der Waals surface area (Å²) in [6, 6.07) is 0. The molecule has 21 heteroatoms. The van der Waals surface area contributed by atoms with Gasteiger partial charge in [0, 0.05) is 5.75 Å². The molecule has 0 aliphatic carbocycles. The fourth-order valence-electron chi connectivity index (χ4n) is 2.25. The summed E-state index contributed by atoms with van der Waals surface area (Å²) in [5.41, 5.74) is 0. The van der Waals surface area contributed by atoms with Crippen LogP contribution in [-0.4, -0.2) is 77.2 Å². The summed E-state index contributed by atoms with van der Waals surface area (Å²) in [7, 11) is -10.5. The SMILES string of the molecule is O=S(=O)=O.O=S(=O)=O.[CH2-]CCSc1c(O)c(SCCCC)c(SCCCS(=O)(=O)[O-])c(O)c1SCC[CH2-].[Na+].[Na+].[Na+]. The average molecular weight is 727 g/mol. The topological polar surface area (TPSA) is 200 Å². The maximum atomic E-state index is 11.0.